The van der Waals surface area contributed by atoms with Crippen molar-refractivity contribution in [3.8, 4) is 0 Å². The standard InChI is InChI=1S/C20H24N4O3/c1-5-15-23-17-18(24(15)11-20(2,3)26)13-8-6-12(7-9-16(25)27-4)10-14(13)22-19(17)21/h6-10,26H,5,11H2,1-4H3,(H2,21,22)/b9-7+. The van der Waals surface area contributed by atoms with Gasteiger partial charge in [-0.3, -0.25) is 0 Å². The molecule has 3 aromatic rings. The summed E-state index contributed by atoms with van der Waals surface area (Å²) < 4.78 is 6.63. The average Bonchev–Trinajstić information content (AvgIpc) is 2.97. The van der Waals surface area contributed by atoms with Crippen LogP contribution in [0.2, 0.25) is 0 Å². The third-order valence-corrected chi connectivity index (χ3v) is 4.28. The number of carbonyl (C=O) groups is 1. The molecule has 0 spiro atoms. The van der Waals surface area contributed by atoms with E-state index in [9.17, 15) is 9.90 Å². The molecule has 2 heterocycles. The van der Waals surface area contributed by atoms with Crippen LogP contribution in [0.5, 0.6) is 0 Å². The van der Waals surface area contributed by atoms with Crippen LogP contribution in [-0.2, 0) is 22.5 Å². The van der Waals surface area contributed by atoms with Gasteiger partial charge in [-0.25, -0.2) is 14.8 Å². The topological polar surface area (TPSA) is 103 Å². The van der Waals surface area contributed by atoms with E-state index in [1.54, 1.807) is 19.9 Å². The summed E-state index contributed by atoms with van der Waals surface area (Å²) in [4.78, 5) is 20.4. The maximum atomic E-state index is 11.3. The zero-order valence-corrected chi connectivity index (χ0v) is 16.0. The number of aromatic nitrogens is 3. The number of ether oxygens (including phenoxy) is 1. The van der Waals surface area contributed by atoms with Crippen LogP contribution < -0.4 is 5.73 Å². The molecule has 0 radical (unpaired) electrons. The molecule has 0 atom stereocenters. The second-order valence-electron chi connectivity index (χ2n) is 7.11. The van der Waals surface area contributed by atoms with E-state index < -0.39 is 11.6 Å². The third-order valence-electron chi connectivity index (χ3n) is 4.28. The minimum atomic E-state index is -0.898. The van der Waals surface area contributed by atoms with E-state index in [2.05, 4.69) is 14.7 Å². The quantitative estimate of drug-likeness (QED) is 0.530. The highest BCUT2D eigenvalue weighted by atomic mass is 16.5. The first-order valence-electron chi connectivity index (χ1n) is 8.80. The van der Waals surface area contributed by atoms with Crippen molar-refractivity contribution in [2.24, 2.45) is 0 Å². The number of aryl methyl sites for hydroxylation is 1. The largest absolute Gasteiger partial charge is 0.466 e. The van der Waals surface area contributed by atoms with Gasteiger partial charge in [0.1, 0.15) is 11.3 Å². The number of anilines is 1. The maximum absolute atomic E-state index is 11.3. The molecule has 3 rings (SSSR count). The van der Waals surface area contributed by atoms with Gasteiger partial charge in [-0.05, 0) is 31.6 Å². The predicted octanol–water partition coefficient (Wildman–Crippen LogP) is 2.69. The second-order valence-corrected chi connectivity index (χ2v) is 7.11. The first kappa shape index (κ1) is 18.8. The fourth-order valence-corrected chi connectivity index (χ4v) is 3.14. The number of rotatable bonds is 5. The van der Waals surface area contributed by atoms with Crippen LogP contribution >= 0.6 is 0 Å². The highest BCUT2D eigenvalue weighted by molar-refractivity contribution is 6.07. The summed E-state index contributed by atoms with van der Waals surface area (Å²) in [6.45, 7) is 5.94. The molecule has 0 fully saturated rings. The number of nitrogens with zero attached hydrogens (tertiary/aromatic N) is 3. The molecule has 0 saturated heterocycles. The van der Waals surface area contributed by atoms with Gasteiger partial charge in [0.05, 0.1) is 30.3 Å². The summed E-state index contributed by atoms with van der Waals surface area (Å²) in [6, 6.07) is 5.69. The number of carbonyl (C=O) groups excluding carboxylic acids is 1. The van der Waals surface area contributed by atoms with Crippen LogP contribution in [0.15, 0.2) is 24.3 Å². The Morgan fingerprint density at radius 3 is 2.74 bits per heavy atom. The second kappa shape index (κ2) is 7.00. The Hall–Kier alpha value is -2.93. The van der Waals surface area contributed by atoms with Gasteiger partial charge in [-0.1, -0.05) is 19.1 Å². The molecule has 0 unspecified atom stereocenters. The lowest BCUT2D eigenvalue weighted by molar-refractivity contribution is -0.134. The molecule has 0 aliphatic carbocycles. The van der Waals surface area contributed by atoms with Crippen LogP contribution in [0.25, 0.3) is 28.0 Å². The van der Waals surface area contributed by atoms with Gasteiger partial charge in [0.2, 0.25) is 0 Å². The smallest absolute Gasteiger partial charge is 0.330 e. The van der Waals surface area contributed by atoms with Crippen LogP contribution in [0.3, 0.4) is 0 Å². The van der Waals surface area contributed by atoms with Gasteiger partial charge in [0, 0.05) is 17.9 Å². The van der Waals surface area contributed by atoms with Crippen molar-refractivity contribution in [2.75, 3.05) is 12.8 Å². The number of fused-ring (bicyclic) bond motifs is 3. The first-order valence-corrected chi connectivity index (χ1v) is 8.80. The molecular formula is C20H24N4O3. The van der Waals surface area contributed by atoms with Crippen molar-refractivity contribution in [3.63, 3.8) is 0 Å². The van der Waals surface area contributed by atoms with Crippen LogP contribution in [0.1, 0.15) is 32.2 Å². The zero-order chi connectivity index (χ0) is 19.8. The first-order chi connectivity index (χ1) is 12.7. The Morgan fingerprint density at radius 2 is 2.11 bits per heavy atom. The molecule has 1 aromatic carbocycles. The molecule has 0 aliphatic heterocycles. The lowest BCUT2D eigenvalue weighted by atomic mass is 10.1. The Labute approximate surface area is 157 Å². The minimum Gasteiger partial charge on any atom is -0.466 e. The summed E-state index contributed by atoms with van der Waals surface area (Å²) in [5.41, 5.74) is 8.29. The van der Waals surface area contributed by atoms with Crippen molar-refractivity contribution >= 4 is 39.8 Å². The van der Waals surface area contributed by atoms with E-state index in [0.29, 0.717) is 29.8 Å². The molecule has 142 valence electrons. The van der Waals surface area contributed by atoms with E-state index in [-0.39, 0.29) is 0 Å². The van der Waals surface area contributed by atoms with Crippen molar-refractivity contribution in [3.05, 3.63) is 35.7 Å². The fourth-order valence-electron chi connectivity index (χ4n) is 3.14. The SMILES string of the molecule is CCc1nc2c(N)nc3cc(/C=C/C(=O)OC)ccc3c2n1CC(C)(C)O. The minimum absolute atomic E-state index is 0.343. The predicted molar refractivity (Wildman–Crippen MR) is 106 cm³/mol. The highest BCUT2D eigenvalue weighted by Gasteiger charge is 2.21. The molecule has 0 aliphatic rings. The zero-order valence-electron chi connectivity index (χ0n) is 16.0. The summed E-state index contributed by atoms with van der Waals surface area (Å²) in [6.07, 6.45) is 3.74. The summed E-state index contributed by atoms with van der Waals surface area (Å²) in [5, 5.41) is 11.2. The number of nitrogen functional groups attached to an aromatic ring is 1. The van der Waals surface area contributed by atoms with Gasteiger partial charge >= 0.3 is 5.97 Å². The number of imidazole rings is 1. The number of esters is 1. The van der Waals surface area contributed by atoms with E-state index in [1.807, 2.05) is 29.7 Å². The molecule has 0 bridgehead atoms. The van der Waals surface area contributed by atoms with Gasteiger partial charge in [-0.2, -0.15) is 0 Å². The number of pyridine rings is 1. The van der Waals surface area contributed by atoms with Crippen LogP contribution in [0, 0.1) is 0 Å². The van der Waals surface area contributed by atoms with Gasteiger partial charge in [0.25, 0.3) is 0 Å². The van der Waals surface area contributed by atoms with Crippen molar-refractivity contribution < 1.29 is 14.6 Å². The number of nitrogens with two attached hydrogens (primary N) is 1. The molecular weight excluding hydrogens is 344 g/mol. The van der Waals surface area contributed by atoms with Gasteiger partial charge in [-0.15, -0.1) is 0 Å². The van der Waals surface area contributed by atoms with Crippen molar-refractivity contribution in [1.82, 2.24) is 14.5 Å². The van der Waals surface area contributed by atoms with E-state index in [4.69, 9.17) is 5.73 Å². The summed E-state index contributed by atoms with van der Waals surface area (Å²) in [7, 11) is 1.33. The molecule has 7 nitrogen and oxygen atoms in total. The Balaban J connectivity index is 2.24. The third kappa shape index (κ3) is 3.78. The molecule has 0 saturated carbocycles. The van der Waals surface area contributed by atoms with Crippen molar-refractivity contribution in [1.29, 1.82) is 0 Å². The van der Waals surface area contributed by atoms with Gasteiger partial charge < -0.3 is 20.1 Å². The Morgan fingerprint density at radius 1 is 1.37 bits per heavy atom. The van der Waals surface area contributed by atoms with Gasteiger partial charge in [0.15, 0.2) is 5.82 Å². The lowest BCUT2D eigenvalue weighted by Crippen LogP contribution is -2.27. The summed E-state index contributed by atoms with van der Waals surface area (Å²) in [5.74, 6) is 0.771. The molecule has 27 heavy (non-hydrogen) atoms. The molecule has 2 aromatic heterocycles. The van der Waals surface area contributed by atoms with E-state index in [0.717, 1.165) is 22.3 Å². The normalized spacial score (nSPS) is 12.3. The van der Waals surface area contributed by atoms with Crippen LogP contribution in [-0.4, -0.2) is 38.3 Å². The molecule has 7 heteroatoms. The number of methoxy groups -OCH3 is 1. The van der Waals surface area contributed by atoms with E-state index >= 15 is 0 Å². The molecule has 3 N–H and O–H groups in total. The highest BCUT2D eigenvalue weighted by Crippen LogP contribution is 2.30. The summed E-state index contributed by atoms with van der Waals surface area (Å²) >= 11 is 0. The number of aliphatic hydroxyl groups is 1. The fraction of sp³-hybridized carbons (Fsp3) is 0.350. The van der Waals surface area contributed by atoms with Crippen LogP contribution in [0.4, 0.5) is 5.82 Å². The average molecular weight is 368 g/mol. The van der Waals surface area contributed by atoms with Crippen molar-refractivity contribution in [2.45, 2.75) is 39.3 Å². The monoisotopic (exact) mass is 368 g/mol. The Bertz CT molecular complexity index is 1040. The Kier molecular flexibility index (Phi) is 4.89. The maximum Gasteiger partial charge on any atom is 0.330 e. The van der Waals surface area contributed by atoms with E-state index in [1.165, 1.54) is 13.2 Å². The lowest BCUT2D eigenvalue weighted by Gasteiger charge is -2.20. The number of hydrogen-bond donors (Lipinski definition) is 2. The molecule has 0 amide bonds. The number of hydrogen-bond acceptors (Lipinski definition) is 6. The number of benzene rings is 1.